The van der Waals surface area contributed by atoms with Crippen LogP contribution in [0.3, 0.4) is 0 Å². The average molecular weight is 214 g/mol. The fourth-order valence-electron chi connectivity index (χ4n) is 1.50. The van der Waals surface area contributed by atoms with Crippen molar-refractivity contribution in [1.29, 1.82) is 0 Å². The molecule has 82 valence electrons. The smallest absolute Gasteiger partial charge is 0.136 e. The first-order chi connectivity index (χ1) is 7.78. The molecule has 0 radical (unpaired) electrons. The van der Waals surface area contributed by atoms with Gasteiger partial charge in [0.2, 0.25) is 0 Å². The van der Waals surface area contributed by atoms with E-state index in [1.807, 2.05) is 38.2 Å². The number of aryl methyl sites for hydroxylation is 1. The maximum Gasteiger partial charge on any atom is 0.136 e. The van der Waals surface area contributed by atoms with Crippen LogP contribution in [-0.4, -0.2) is 22.0 Å². The van der Waals surface area contributed by atoms with Crippen molar-refractivity contribution >= 4 is 5.82 Å². The highest BCUT2D eigenvalue weighted by atomic mass is 15.0. The SMILES string of the molecule is CNc1cc(C)nc(Cc2ccccn2)n1. The molecule has 0 spiro atoms. The molecule has 0 fully saturated rings. The summed E-state index contributed by atoms with van der Waals surface area (Å²) in [6.07, 6.45) is 2.45. The summed E-state index contributed by atoms with van der Waals surface area (Å²) >= 11 is 0. The quantitative estimate of drug-likeness (QED) is 0.846. The highest BCUT2D eigenvalue weighted by Crippen LogP contribution is 2.08. The molecule has 0 bridgehead atoms. The lowest BCUT2D eigenvalue weighted by Gasteiger charge is -2.04. The lowest BCUT2D eigenvalue weighted by molar-refractivity contribution is 0.918. The Morgan fingerprint density at radius 3 is 2.81 bits per heavy atom. The van der Waals surface area contributed by atoms with E-state index < -0.39 is 0 Å². The molecule has 16 heavy (non-hydrogen) atoms. The first kappa shape index (κ1) is 10.5. The summed E-state index contributed by atoms with van der Waals surface area (Å²) in [6, 6.07) is 7.77. The Kier molecular flexibility index (Phi) is 3.10. The Hall–Kier alpha value is -1.97. The largest absolute Gasteiger partial charge is 0.373 e. The second-order valence-electron chi connectivity index (χ2n) is 3.56. The second kappa shape index (κ2) is 4.70. The predicted molar refractivity (Wildman–Crippen MR) is 63.4 cm³/mol. The zero-order valence-electron chi connectivity index (χ0n) is 9.44. The summed E-state index contributed by atoms with van der Waals surface area (Å²) in [5, 5.41) is 3.02. The Balaban J connectivity index is 2.24. The van der Waals surface area contributed by atoms with Gasteiger partial charge in [0.1, 0.15) is 11.6 Å². The summed E-state index contributed by atoms with van der Waals surface area (Å²) in [5.74, 6) is 1.64. The standard InChI is InChI=1S/C12H14N4/c1-9-7-11(13-2)16-12(15-9)8-10-5-3-4-6-14-10/h3-7H,8H2,1-2H3,(H,13,15,16). The van der Waals surface area contributed by atoms with Crippen molar-refractivity contribution in [3.8, 4) is 0 Å². The molecule has 2 heterocycles. The number of hydrogen-bond acceptors (Lipinski definition) is 4. The molecular formula is C12H14N4. The van der Waals surface area contributed by atoms with Crippen LogP contribution in [0.15, 0.2) is 30.5 Å². The van der Waals surface area contributed by atoms with Crippen LogP contribution in [0.1, 0.15) is 17.2 Å². The van der Waals surface area contributed by atoms with Gasteiger partial charge in [0.25, 0.3) is 0 Å². The molecule has 4 nitrogen and oxygen atoms in total. The lowest BCUT2D eigenvalue weighted by Crippen LogP contribution is -2.03. The summed E-state index contributed by atoms with van der Waals surface area (Å²) in [6.45, 7) is 1.96. The average Bonchev–Trinajstić information content (AvgIpc) is 2.29. The highest BCUT2D eigenvalue weighted by molar-refractivity contribution is 5.35. The van der Waals surface area contributed by atoms with Crippen molar-refractivity contribution in [2.24, 2.45) is 0 Å². The Morgan fingerprint density at radius 1 is 1.25 bits per heavy atom. The monoisotopic (exact) mass is 214 g/mol. The molecule has 0 atom stereocenters. The number of nitrogens with one attached hydrogen (secondary N) is 1. The zero-order chi connectivity index (χ0) is 11.4. The van der Waals surface area contributed by atoms with Crippen molar-refractivity contribution in [2.75, 3.05) is 12.4 Å². The fourth-order valence-corrected chi connectivity index (χ4v) is 1.50. The minimum Gasteiger partial charge on any atom is -0.373 e. The third-order valence-corrected chi connectivity index (χ3v) is 2.22. The minimum atomic E-state index is 0.664. The molecule has 2 rings (SSSR count). The van der Waals surface area contributed by atoms with Crippen molar-refractivity contribution in [3.63, 3.8) is 0 Å². The van der Waals surface area contributed by atoms with Gasteiger partial charge in [0, 0.05) is 30.7 Å². The van der Waals surface area contributed by atoms with Crippen LogP contribution in [0, 0.1) is 6.92 Å². The van der Waals surface area contributed by atoms with Gasteiger partial charge in [-0.15, -0.1) is 0 Å². The molecule has 0 aliphatic carbocycles. The number of hydrogen-bond donors (Lipinski definition) is 1. The number of pyridine rings is 1. The highest BCUT2D eigenvalue weighted by Gasteiger charge is 2.03. The number of rotatable bonds is 3. The summed E-state index contributed by atoms with van der Waals surface area (Å²) in [4.78, 5) is 13.0. The molecule has 2 aromatic rings. The van der Waals surface area contributed by atoms with E-state index in [0.29, 0.717) is 6.42 Å². The molecule has 0 aliphatic rings. The predicted octanol–water partition coefficient (Wildman–Crippen LogP) is 1.81. The lowest BCUT2D eigenvalue weighted by atomic mass is 10.2. The van der Waals surface area contributed by atoms with Crippen molar-refractivity contribution in [1.82, 2.24) is 15.0 Å². The Morgan fingerprint density at radius 2 is 2.12 bits per heavy atom. The fraction of sp³-hybridized carbons (Fsp3) is 0.250. The maximum atomic E-state index is 4.39. The van der Waals surface area contributed by atoms with Gasteiger partial charge in [-0.3, -0.25) is 4.98 Å². The molecule has 2 aromatic heterocycles. The van der Waals surface area contributed by atoms with E-state index in [4.69, 9.17) is 0 Å². The number of aromatic nitrogens is 3. The summed E-state index contributed by atoms with van der Waals surface area (Å²) < 4.78 is 0. The summed E-state index contributed by atoms with van der Waals surface area (Å²) in [7, 11) is 1.85. The number of nitrogens with zero attached hydrogens (tertiary/aromatic N) is 3. The molecule has 0 amide bonds. The van der Waals surface area contributed by atoms with E-state index in [9.17, 15) is 0 Å². The molecule has 0 aliphatic heterocycles. The van der Waals surface area contributed by atoms with Crippen LogP contribution in [0.5, 0.6) is 0 Å². The van der Waals surface area contributed by atoms with Crippen LogP contribution in [0.4, 0.5) is 5.82 Å². The van der Waals surface area contributed by atoms with Crippen LogP contribution >= 0.6 is 0 Å². The van der Waals surface area contributed by atoms with Crippen molar-refractivity contribution in [3.05, 3.63) is 47.7 Å². The van der Waals surface area contributed by atoms with Gasteiger partial charge in [-0.1, -0.05) is 6.07 Å². The molecular weight excluding hydrogens is 200 g/mol. The normalized spacial score (nSPS) is 10.1. The van der Waals surface area contributed by atoms with Crippen molar-refractivity contribution in [2.45, 2.75) is 13.3 Å². The third kappa shape index (κ3) is 2.53. The van der Waals surface area contributed by atoms with Crippen LogP contribution in [0.2, 0.25) is 0 Å². The van der Waals surface area contributed by atoms with E-state index >= 15 is 0 Å². The first-order valence-electron chi connectivity index (χ1n) is 5.20. The minimum absolute atomic E-state index is 0.664. The Bertz CT molecular complexity index is 468. The maximum absolute atomic E-state index is 4.39. The Labute approximate surface area is 94.8 Å². The second-order valence-corrected chi connectivity index (χ2v) is 3.56. The van der Waals surface area contributed by atoms with Crippen molar-refractivity contribution < 1.29 is 0 Å². The van der Waals surface area contributed by atoms with Gasteiger partial charge >= 0.3 is 0 Å². The third-order valence-electron chi connectivity index (χ3n) is 2.22. The molecule has 0 saturated carbocycles. The summed E-state index contributed by atoms with van der Waals surface area (Å²) in [5.41, 5.74) is 1.94. The zero-order valence-corrected chi connectivity index (χ0v) is 9.44. The van der Waals surface area contributed by atoms with E-state index in [0.717, 1.165) is 23.0 Å². The molecule has 4 heteroatoms. The van der Waals surface area contributed by atoms with Gasteiger partial charge < -0.3 is 5.32 Å². The first-order valence-corrected chi connectivity index (χ1v) is 5.20. The molecule has 0 aromatic carbocycles. The number of anilines is 1. The van der Waals surface area contributed by atoms with Gasteiger partial charge in [0.15, 0.2) is 0 Å². The van der Waals surface area contributed by atoms with E-state index in [-0.39, 0.29) is 0 Å². The van der Waals surface area contributed by atoms with E-state index in [1.165, 1.54) is 0 Å². The van der Waals surface area contributed by atoms with E-state index in [1.54, 1.807) is 6.20 Å². The van der Waals surface area contributed by atoms with Crippen LogP contribution in [-0.2, 0) is 6.42 Å². The topological polar surface area (TPSA) is 50.7 Å². The van der Waals surface area contributed by atoms with Gasteiger partial charge in [-0.05, 0) is 19.1 Å². The van der Waals surface area contributed by atoms with Crippen LogP contribution in [0.25, 0.3) is 0 Å². The van der Waals surface area contributed by atoms with Gasteiger partial charge in [-0.25, -0.2) is 9.97 Å². The van der Waals surface area contributed by atoms with Gasteiger partial charge in [-0.2, -0.15) is 0 Å². The molecule has 1 N–H and O–H groups in total. The van der Waals surface area contributed by atoms with E-state index in [2.05, 4.69) is 20.3 Å². The molecule has 0 saturated heterocycles. The molecule has 0 unspecified atom stereocenters. The van der Waals surface area contributed by atoms with Gasteiger partial charge in [0.05, 0.1) is 6.42 Å². The van der Waals surface area contributed by atoms with Crippen LogP contribution < -0.4 is 5.32 Å².